The van der Waals surface area contributed by atoms with Gasteiger partial charge in [-0.15, -0.1) is 0 Å². The fourth-order valence-corrected chi connectivity index (χ4v) is 4.84. The van der Waals surface area contributed by atoms with Crippen LogP contribution in [0.3, 0.4) is 0 Å². The molecule has 0 aliphatic carbocycles. The first-order valence-corrected chi connectivity index (χ1v) is 12.0. The van der Waals surface area contributed by atoms with Gasteiger partial charge in [-0.25, -0.2) is 4.79 Å². The first-order chi connectivity index (χ1) is 16.5. The fraction of sp³-hybridized carbons (Fsp3) is 0.407. The zero-order valence-corrected chi connectivity index (χ0v) is 19.9. The van der Waals surface area contributed by atoms with E-state index in [1.165, 1.54) is 5.56 Å². The largest absolute Gasteiger partial charge is 0.490 e. The standard InChI is InChI=1S/C27H31N3O4/c1-3-20-5-7-24-22(15-20)21(16-27(32)34-24)17-28-8-10-29(11-9-28)18-26(31)30-12-13-33-25-6-4-19(2)14-23(25)30/h4-7,14-16H,3,8-13,17-18H2,1-2H3. The van der Waals surface area contributed by atoms with Gasteiger partial charge in [-0.05, 0) is 54.3 Å². The number of hydrogen-bond acceptors (Lipinski definition) is 6. The molecule has 5 rings (SSSR count). The predicted octanol–water partition coefficient (Wildman–Crippen LogP) is 3.21. The van der Waals surface area contributed by atoms with Crippen LogP contribution in [0.5, 0.6) is 5.75 Å². The quantitative estimate of drug-likeness (QED) is 0.544. The molecule has 7 heteroatoms. The number of hydrogen-bond donors (Lipinski definition) is 0. The predicted molar refractivity (Wildman–Crippen MR) is 133 cm³/mol. The van der Waals surface area contributed by atoms with Gasteiger partial charge in [-0.3, -0.25) is 14.6 Å². The molecule has 3 aromatic rings. The third kappa shape index (κ3) is 4.72. The first kappa shape index (κ1) is 22.6. The number of aryl methyl sites for hydroxylation is 2. The van der Waals surface area contributed by atoms with Crippen LogP contribution < -0.4 is 15.3 Å². The average molecular weight is 462 g/mol. The maximum Gasteiger partial charge on any atom is 0.336 e. The Morgan fingerprint density at radius 2 is 1.76 bits per heavy atom. The Hall–Kier alpha value is -3.16. The van der Waals surface area contributed by atoms with Gasteiger partial charge in [0.15, 0.2) is 0 Å². The van der Waals surface area contributed by atoms with Gasteiger partial charge < -0.3 is 14.1 Å². The lowest BCUT2D eigenvalue weighted by Crippen LogP contribution is -2.50. The zero-order valence-electron chi connectivity index (χ0n) is 19.9. The Morgan fingerprint density at radius 1 is 0.971 bits per heavy atom. The summed E-state index contributed by atoms with van der Waals surface area (Å²) in [5, 5.41) is 1.01. The van der Waals surface area contributed by atoms with Crippen molar-refractivity contribution in [3.05, 3.63) is 69.6 Å². The summed E-state index contributed by atoms with van der Waals surface area (Å²) in [4.78, 5) is 31.6. The van der Waals surface area contributed by atoms with E-state index in [-0.39, 0.29) is 11.5 Å². The molecule has 1 amide bonds. The monoisotopic (exact) mass is 461 g/mol. The van der Waals surface area contributed by atoms with E-state index < -0.39 is 0 Å². The number of anilines is 1. The van der Waals surface area contributed by atoms with E-state index in [0.717, 1.165) is 60.5 Å². The average Bonchev–Trinajstić information content (AvgIpc) is 2.84. The Morgan fingerprint density at radius 3 is 2.56 bits per heavy atom. The summed E-state index contributed by atoms with van der Waals surface area (Å²) in [5.41, 5.74) is 4.56. The molecule has 0 unspecified atom stereocenters. The van der Waals surface area contributed by atoms with Crippen LogP contribution in [0.15, 0.2) is 51.7 Å². The van der Waals surface area contributed by atoms with Crippen LogP contribution in [-0.4, -0.2) is 61.6 Å². The van der Waals surface area contributed by atoms with Gasteiger partial charge in [-0.2, -0.15) is 0 Å². The van der Waals surface area contributed by atoms with Crippen LogP contribution in [0, 0.1) is 6.92 Å². The molecule has 0 radical (unpaired) electrons. The molecule has 7 nitrogen and oxygen atoms in total. The number of carbonyl (C=O) groups is 1. The third-order valence-electron chi connectivity index (χ3n) is 6.80. The molecule has 2 aromatic carbocycles. The van der Waals surface area contributed by atoms with Gasteiger partial charge in [0, 0.05) is 44.2 Å². The molecule has 0 spiro atoms. The molecule has 3 heterocycles. The third-order valence-corrected chi connectivity index (χ3v) is 6.80. The molecular formula is C27H31N3O4. The highest BCUT2D eigenvalue weighted by atomic mass is 16.5. The summed E-state index contributed by atoms with van der Waals surface area (Å²) in [6, 6.07) is 13.6. The Kier molecular flexibility index (Phi) is 6.39. The van der Waals surface area contributed by atoms with Crippen LogP contribution in [0.1, 0.15) is 23.6 Å². The highest BCUT2D eigenvalue weighted by molar-refractivity contribution is 5.96. The van der Waals surface area contributed by atoms with Crippen molar-refractivity contribution in [2.45, 2.75) is 26.8 Å². The van der Waals surface area contributed by atoms with E-state index in [1.54, 1.807) is 6.07 Å². The maximum atomic E-state index is 13.1. The molecule has 178 valence electrons. The molecule has 1 aromatic heterocycles. The van der Waals surface area contributed by atoms with Crippen molar-refractivity contribution in [2.75, 3.05) is 50.8 Å². The fourth-order valence-electron chi connectivity index (χ4n) is 4.84. The van der Waals surface area contributed by atoms with Gasteiger partial charge >= 0.3 is 5.63 Å². The van der Waals surface area contributed by atoms with Crippen LogP contribution in [0.4, 0.5) is 5.69 Å². The molecule has 0 atom stereocenters. The molecule has 1 saturated heterocycles. The van der Waals surface area contributed by atoms with Crippen molar-refractivity contribution in [3.63, 3.8) is 0 Å². The molecule has 2 aliphatic rings. The Balaban J connectivity index is 1.22. The van der Waals surface area contributed by atoms with Crippen molar-refractivity contribution >= 4 is 22.6 Å². The second-order valence-electron chi connectivity index (χ2n) is 9.19. The molecule has 34 heavy (non-hydrogen) atoms. The summed E-state index contributed by atoms with van der Waals surface area (Å²) in [6.45, 7) is 9.69. The summed E-state index contributed by atoms with van der Waals surface area (Å²) < 4.78 is 11.1. The van der Waals surface area contributed by atoms with Gasteiger partial charge in [0.25, 0.3) is 0 Å². The summed E-state index contributed by atoms with van der Waals surface area (Å²) in [7, 11) is 0. The molecule has 0 bridgehead atoms. The number of fused-ring (bicyclic) bond motifs is 2. The molecule has 1 fully saturated rings. The smallest absolute Gasteiger partial charge is 0.336 e. The second kappa shape index (κ2) is 9.60. The number of piperazine rings is 1. The summed E-state index contributed by atoms with van der Waals surface area (Å²) >= 11 is 0. The lowest BCUT2D eigenvalue weighted by atomic mass is 10.0. The maximum absolute atomic E-state index is 13.1. The minimum atomic E-state index is -0.308. The zero-order chi connectivity index (χ0) is 23.7. The Labute approximate surface area is 199 Å². The van der Waals surface area contributed by atoms with E-state index in [0.29, 0.717) is 31.8 Å². The SMILES string of the molecule is CCc1ccc2oc(=O)cc(CN3CCN(CC(=O)N4CCOc5ccc(C)cc54)CC3)c2c1. The van der Waals surface area contributed by atoms with Gasteiger partial charge in [-0.1, -0.05) is 19.1 Å². The molecule has 2 aliphatic heterocycles. The van der Waals surface area contributed by atoms with Crippen LogP contribution in [-0.2, 0) is 17.8 Å². The highest BCUT2D eigenvalue weighted by Crippen LogP contribution is 2.32. The van der Waals surface area contributed by atoms with Crippen LogP contribution >= 0.6 is 0 Å². The number of amides is 1. The highest BCUT2D eigenvalue weighted by Gasteiger charge is 2.27. The Bertz CT molecular complexity index is 1260. The van der Waals surface area contributed by atoms with Gasteiger partial charge in [0.1, 0.15) is 17.9 Å². The summed E-state index contributed by atoms with van der Waals surface area (Å²) in [6.07, 6.45) is 0.939. The first-order valence-electron chi connectivity index (χ1n) is 12.0. The van der Waals surface area contributed by atoms with Gasteiger partial charge in [0.05, 0.1) is 18.8 Å². The van der Waals surface area contributed by atoms with Crippen molar-refractivity contribution in [3.8, 4) is 5.75 Å². The second-order valence-corrected chi connectivity index (χ2v) is 9.19. The van der Waals surface area contributed by atoms with Crippen molar-refractivity contribution in [1.29, 1.82) is 0 Å². The number of benzene rings is 2. The van der Waals surface area contributed by atoms with Crippen molar-refractivity contribution in [2.24, 2.45) is 0 Å². The number of nitrogens with zero attached hydrogens (tertiary/aromatic N) is 3. The number of rotatable bonds is 5. The lowest BCUT2D eigenvalue weighted by molar-refractivity contribution is -0.120. The molecule has 0 N–H and O–H groups in total. The van der Waals surface area contributed by atoms with E-state index in [1.807, 2.05) is 42.2 Å². The summed E-state index contributed by atoms with van der Waals surface area (Å²) in [5.74, 6) is 0.892. The van der Waals surface area contributed by atoms with Crippen LogP contribution in [0.25, 0.3) is 11.0 Å². The van der Waals surface area contributed by atoms with E-state index in [9.17, 15) is 9.59 Å². The topological polar surface area (TPSA) is 66.2 Å². The normalized spacial score (nSPS) is 16.9. The van der Waals surface area contributed by atoms with E-state index >= 15 is 0 Å². The van der Waals surface area contributed by atoms with Crippen molar-refractivity contribution in [1.82, 2.24) is 9.80 Å². The number of ether oxygens (including phenoxy) is 1. The minimum absolute atomic E-state index is 0.113. The molecular weight excluding hydrogens is 430 g/mol. The van der Waals surface area contributed by atoms with Crippen molar-refractivity contribution < 1.29 is 13.9 Å². The van der Waals surface area contributed by atoms with Crippen LogP contribution in [0.2, 0.25) is 0 Å². The molecule has 0 saturated carbocycles. The van der Waals surface area contributed by atoms with Gasteiger partial charge in [0.2, 0.25) is 5.91 Å². The minimum Gasteiger partial charge on any atom is -0.490 e. The number of carbonyl (C=O) groups excluding carboxylic acids is 1. The van der Waals surface area contributed by atoms with E-state index in [4.69, 9.17) is 9.15 Å². The van der Waals surface area contributed by atoms with E-state index in [2.05, 4.69) is 22.8 Å². The lowest BCUT2D eigenvalue weighted by Gasteiger charge is -2.36.